The molecule has 3 nitrogen and oxygen atoms in total. The van der Waals surface area contributed by atoms with Crippen LogP contribution in [0.4, 0.5) is 0 Å². The van der Waals surface area contributed by atoms with Gasteiger partial charge in [0.25, 0.3) is 0 Å². The van der Waals surface area contributed by atoms with Gasteiger partial charge in [-0.2, -0.15) is 0 Å². The summed E-state index contributed by atoms with van der Waals surface area (Å²) in [6.07, 6.45) is 0. The first-order chi connectivity index (χ1) is 10.9. The maximum absolute atomic E-state index is 11.8. The van der Waals surface area contributed by atoms with Crippen LogP contribution in [0.5, 0.6) is 0 Å². The quantitative estimate of drug-likeness (QED) is 0.774. The van der Waals surface area contributed by atoms with Gasteiger partial charge in [-0.1, -0.05) is 65.8 Å². The fraction of sp³-hybridized carbons (Fsp3) is 0.176. The lowest BCUT2D eigenvalue weighted by Gasteiger charge is -2.25. The van der Waals surface area contributed by atoms with Gasteiger partial charge >= 0.3 is 5.97 Å². The average molecular weight is 367 g/mol. The third-order valence-electron chi connectivity index (χ3n) is 3.45. The number of carboxylic acids is 1. The van der Waals surface area contributed by atoms with E-state index in [1.54, 1.807) is 19.1 Å². The van der Waals surface area contributed by atoms with Gasteiger partial charge in [0.15, 0.2) is 0 Å². The summed E-state index contributed by atoms with van der Waals surface area (Å²) in [6, 6.07) is 15.1. The Labute approximate surface area is 149 Å². The van der Waals surface area contributed by atoms with Crippen molar-refractivity contribution in [1.29, 1.82) is 0 Å². The van der Waals surface area contributed by atoms with E-state index in [0.717, 1.165) is 22.9 Å². The first-order valence-corrected chi connectivity index (χ1v) is 8.34. The van der Waals surface area contributed by atoms with E-state index in [0.29, 0.717) is 10.6 Å². The largest absolute Gasteiger partial charge is 0.482 e. The summed E-state index contributed by atoms with van der Waals surface area (Å²) >= 11 is 12.3. The molecule has 0 saturated carbocycles. The van der Waals surface area contributed by atoms with Gasteiger partial charge in [0.05, 0.1) is 7.11 Å². The van der Waals surface area contributed by atoms with Crippen LogP contribution in [-0.2, 0) is 14.3 Å². The maximum atomic E-state index is 11.8. The standard InChI is InChI=1S/C17H15ClO3S2/c1-17(15(19)20,23-16(22)21-2)13-9-8-12(10-14(13)18)11-6-4-3-5-7-11/h3-10H,1-2H3,(H,19,20). The number of halogens is 1. The van der Waals surface area contributed by atoms with Crippen molar-refractivity contribution in [3.63, 3.8) is 0 Å². The molecule has 1 atom stereocenters. The normalized spacial score (nSPS) is 13.2. The topological polar surface area (TPSA) is 46.5 Å². The van der Waals surface area contributed by atoms with E-state index in [4.69, 9.17) is 28.6 Å². The van der Waals surface area contributed by atoms with Gasteiger partial charge in [-0.05, 0) is 41.9 Å². The second kappa shape index (κ2) is 7.34. The molecule has 0 aliphatic heterocycles. The van der Waals surface area contributed by atoms with E-state index in [1.807, 2.05) is 36.4 Å². The summed E-state index contributed by atoms with van der Waals surface area (Å²) in [6.45, 7) is 1.56. The fourth-order valence-corrected chi connectivity index (χ4v) is 3.85. The highest BCUT2D eigenvalue weighted by molar-refractivity contribution is 8.23. The van der Waals surface area contributed by atoms with Crippen LogP contribution in [0.1, 0.15) is 12.5 Å². The van der Waals surface area contributed by atoms with Gasteiger partial charge in [-0.15, -0.1) is 0 Å². The lowest BCUT2D eigenvalue weighted by Crippen LogP contribution is -2.30. The molecule has 0 fully saturated rings. The molecule has 0 aromatic heterocycles. The molecule has 23 heavy (non-hydrogen) atoms. The van der Waals surface area contributed by atoms with Gasteiger partial charge in [0.2, 0.25) is 4.38 Å². The molecular weight excluding hydrogens is 352 g/mol. The Balaban J connectivity index is 2.46. The Morgan fingerprint density at radius 3 is 2.39 bits per heavy atom. The van der Waals surface area contributed by atoms with Crippen LogP contribution in [-0.4, -0.2) is 22.6 Å². The molecular formula is C17H15ClO3S2. The van der Waals surface area contributed by atoms with Crippen molar-refractivity contribution in [3.05, 3.63) is 59.1 Å². The molecule has 2 aromatic carbocycles. The number of thioether (sulfide) groups is 1. The molecule has 2 aromatic rings. The zero-order valence-corrected chi connectivity index (χ0v) is 15.0. The molecule has 0 bridgehead atoms. The highest BCUT2D eigenvalue weighted by Gasteiger charge is 2.39. The van der Waals surface area contributed by atoms with Crippen molar-refractivity contribution in [2.24, 2.45) is 0 Å². The monoisotopic (exact) mass is 366 g/mol. The first-order valence-electron chi connectivity index (χ1n) is 6.74. The second-order valence-electron chi connectivity index (χ2n) is 4.96. The van der Waals surface area contributed by atoms with Gasteiger partial charge in [-0.25, -0.2) is 0 Å². The van der Waals surface area contributed by atoms with Crippen LogP contribution in [0.2, 0.25) is 5.02 Å². The lowest BCUT2D eigenvalue weighted by molar-refractivity contribution is -0.139. The number of hydrogen-bond acceptors (Lipinski definition) is 4. The van der Waals surface area contributed by atoms with Crippen LogP contribution in [0.25, 0.3) is 11.1 Å². The van der Waals surface area contributed by atoms with Crippen molar-refractivity contribution in [2.45, 2.75) is 11.7 Å². The van der Waals surface area contributed by atoms with Crippen LogP contribution < -0.4 is 0 Å². The van der Waals surface area contributed by atoms with Crippen LogP contribution in [0.15, 0.2) is 48.5 Å². The zero-order valence-electron chi connectivity index (χ0n) is 12.6. The minimum atomic E-state index is -1.32. The molecule has 0 saturated heterocycles. The summed E-state index contributed by atoms with van der Waals surface area (Å²) in [5, 5.41) is 10.0. The van der Waals surface area contributed by atoms with E-state index in [1.165, 1.54) is 7.11 Å². The molecule has 2 rings (SSSR count). The SMILES string of the molecule is COC(=S)SC(C)(C(=O)O)c1ccc(-c2ccccc2)cc1Cl. The van der Waals surface area contributed by atoms with E-state index in [2.05, 4.69) is 0 Å². The summed E-state index contributed by atoms with van der Waals surface area (Å²) < 4.78 is 3.77. The highest BCUT2D eigenvalue weighted by Crippen LogP contribution is 2.42. The van der Waals surface area contributed by atoms with Crippen molar-refractivity contribution in [2.75, 3.05) is 7.11 Å². The molecule has 0 amide bonds. The number of rotatable bonds is 4. The number of thiocarbonyl (C=S) groups is 1. The zero-order chi connectivity index (χ0) is 17.0. The number of carbonyl (C=O) groups is 1. The Kier molecular flexibility index (Phi) is 5.68. The Hall–Kier alpha value is -1.56. The van der Waals surface area contributed by atoms with Gasteiger partial charge in [0.1, 0.15) is 4.75 Å². The molecule has 0 radical (unpaired) electrons. The Morgan fingerprint density at radius 1 is 1.22 bits per heavy atom. The molecule has 6 heteroatoms. The van der Waals surface area contributed by atoms with E-state index >= 15 is 0 Å². The number of ether oxygens (including phenoxy) is 1. The first kappa shape index (κ1) is 17.8. The third kappa shape index (κ3) is 3.86. The second-order valence-corrected chi connectivity index (χ2v) is 7.38. The lowest BCUT2D eigenvalue weighted by atomic mass is 9.96. The predicted molar refractivity (Wildman–Crippen MR) is 99.1 cm³/mol. The van der Waals surface area contributed by atoms with Crippen LogP contribution in [0, 0.1) is 0 Å². The minimum absolute atomic E-state index is 0.151. The number of benzene rings is 2. The molecule has 1 N–H and O–H groups in total. The number of methoxy groups -OCH3 is 1. The summed E-state index contributed by atoms with van der Waals surface area (Å²) in [7, 11) is 1.41. The summed E-state index contributed by atoms with van der Waals surface area (Å²) in [4.78, 5) is 11.8. The highest BCUT2D eigenvalue weighted by atomic mass is 35.5. The molecule has 120 valence electrons. The van der Waals surface area contributed by atoms with Crippen molar-refractivity contribution in [1.82, 2.24) is 0 Å². The molecule has 0 aliphatic rings. The number of carboxylic acid groups (broad SMARTS) is 1. The van der Waals surface area contributed by atoms with Gasteiger partial charge in [-0.3, -0.25) is 4.79 Å². The summed E-state index contributed by atoms with van der Waals surface area (Å²) in [5.41, 5.74) is 2.42. The van der Waals surface area contributed by atoms with Crippen LogP contribution >= 0.6 is 35.6 Å². The van der Waals surface area contributed by atoms with E-state index in [9.17, 15) is 9.90 Å². The Bertz CT molecular complexity index is 734. The minimum Gasteiger partial charge on any atom is -0.482 e. The van der Waals surface area contributed by atoms with Gasteiger partial charge < -0.3 is 9.84 Å². The Morgan fingerprint density at radius 2 is 1.87 bits per heavy atom. The smallest absolute Gasteiger partial charge is 0.324 e. The fourth-order valence-electron chi connectivity index (χ4n) is 2.13. The van der Waals surface area contributed by atoms with E-state index in [-0.39, 0.29) is 4.38 Å². The number of aliphatic carboxylic acids is 1. The van der Waals surface area contributed by atoms with Crippen molar-refractivity contribution >= 4 is 45.9 Å². The predicted octanol–water partition coefficient (Wildman–Crippen LogP) is 4.97. The van der Waals surface area contributed by atoms with Crippen molar-refractivity contribution in [3.8, 4) is 11.1 Å². The average Bonchev–Trinajstić information content (AvgIpc) is 2.55. The van der Waals surface area contributed by atoms with Crippen molar-refractivity contribution < 1.29 is 14.6 Å². The third-order valence-corrected chi connectivity index (χ3v) is 5.32. The van der Waals surface area contributed by atoms with Gasteiger partial charge in [0, 0.05) is 5.02 Å². The molecule has 0 heterocycles. The summed E-state index contributed by atoms with van der Waals surface area (Å²) in [5.74, 6) is -1.03. The van der Waals surface area contributed by atoms with E-state index < -0.39 is 10.7 Å². The maximum Gasteiger partial charge on any atom is 0.324 e. The molecule has 1 unspecified atom stereocenters. The molecule has 0 spiro atoms. The van der Waals surface area contributed by atoms with Crippen LogP contribution in [0.3, 0.4) is 0 Å². The number of hydrogen-bond donors (Lipinski definition) is 1. The molecule has 0 aliphatic carbocycles.